The second kappa shape index (κ2) is 54.0. The molecule has 64 heavy (non-hydrogen) atoms. The number of carbonyl (C=O) groups excluding carboxylic acids is 2. The normalized spacial score (nSPS) is 12.8. The summed E-state index contributed by atoms with van der Waals surface area (Å²) in [5.74, 6) is -0.0674. The first-order valence-electron chi connectivity index (χ1n) is 28.6. The summed E-state index contributed by atoms with van der Waals surface area (Å²) in [5.41, 5.74) is 0. The van der Waals surface area contributed by atoms with Gasteiger partial charge in [-0.3, -0.25) is 9.59 Å². The molecule has 0 aliphatic heterocycles. The lowest BCUT2D eigenvalue weighted by Crippen LogP contribution is -2.45. The van der Waals surface area contributed by atoms with E-state index in [0.717, 1.165) is 44.9 Å². The molecule has 0 saturated heterocycles. The van der Waals surface area contributed by atoms with Crippen molar-refractivity contribution in [3.8, 4) is 0 Å². The number of hydrogen-bond donors (Lipinski definition) is 3. The van der Waals surface area contributed by atoms with Gasteiger partial charge in [0.25, 0.3) is 0 Å². The number of unbranched alkanes of at least 4 members (excludes halogenated alkanes) is 40. The number of ether oxygens (including phenoxy) is 1. The van der Waals surface area contributed by atoms with Gasteiger partial charge in [0.2, 0.25) is 5.91 Å². The second-order valence-corrected chi connectivity index (χ2v) is 19.6. The highest BCUT2D eigenvalue weighted by molar-refractivity contribution is 5.76. The molecule has 0 rings (SSSR count). The number of aliphatic hydroxyl groups excluding tert-OH is 2. The molecule has 0 aromatic heterocycles. The summed E-state index contributed by atoms with van der Waals surface area (Å²) < 4.78 is 5.46. The molecule has 6 nitrogen and oxygen atoms in total. The van der Waals surface area contributed by atoms with Crippen LogP contribution in [0.3, 0.4) is 0 Å². The van der Waals surface area contributed by atoms with E-state index in [1.54, 1.807) is 6.08 Å². The molecule has 0 aromatic carbocycles. The second-order valence-electron chi connectivity index (χ2n) is 19.6. The van der Waals surface area contributed by atoms with E-state index in [0.29, 0.717) is 19.4 Å². The zero-order valence-corrected chi connectivity index (χ0v) is 43.0. The van der Waals surface area contributed by atoms with Crippen LogP contribution in [0, 0.1) is 0 Å². The fourth-order valence-corrected chi connectivity index (χ4v) is 8.81. The van der Waals surface area contributed by atoms with Gasteiger partial charge in [-0.2, -0.15) is 0 Å². The Kier molecular flexibility index (Phi) is 52.6. The lowest BCUT2D eigenvalue weighted by atomic mass is 10.0. The summed E-state index contributed by atoms with van der Waals surface area (Å²) in [7, 11) is 0. The zero-order valence-electron chi connectivity index (χ0n) is 43.0. The Morgan fingerprint density at radius 1 is 0.422 bits per heavy atom. The van der Waals surface area contributed by atoms with Gasteiger partial charge in [-0.25, -0.2) is 0 Å². The van der Waals surface area contributed by atoms with E-state index >= 15 is 0 Å². The number of nitrogens with one attached hydrogen (secondary N) is 1. The summed E-state index contributed by atoms with van der Waals surface area (Å²) in [6.45, 7) is 4.90. The van der Waals surface area contributed by atoms with E-state index in [9.17, 15) is 19.8 Å². The lowest BCUT2D eigenvalue weighted by Gasteiger charge is -2.20. The maximum absolute atomic E-state index is 12.4. The monoisotopic (exact) mass is 902 g/mol. The molecule has 1 amide bonds. The molecule has 378 valence electrons. The summed E-state index contributed by atoms with van der Waals surface area (Å²) >= 11 is 0. The van der Waals surface area contributed by atoms with Gasteiger partial charge >= 0.3 is 5.97 Å². The standard InChI is InChI=1S/C58H111NO5/c1-3-5-7-9-11-13-15-16-24-27-31-34-38-42-46-50-56(61)55(54-60)59-57(62)51-47-43-39-35-32-28-25-22-20-18-17-19-21-23-26-29-33-37-41-45-49-53-64-58(63)52-48-44-40-36-30-14-12-10-8-6-4-2/h18,20,46,50,55-56,60-61H,3-17,19,21-45,47-49,51-54H2,1-2H3,(H,59,62)/b20-18-,50-46+. The third-order valence-corrected chi connectivity index (χ3v) is 13.2. The van der Waals surface area contributed by atoms with E-state index in [4.69, 9.17) is 4.74 Å². The van der Waals surface area contributed by atoms with Crippen LogP contribution in [0.1, 0.15) is 309 Å². The molecule has 2 atom stereocenters. The predicted molar refractivity (Wildman–Crippen MR) is 278 cm³/mol. The number of hydrogen-bond acceptors (Lipinski definition) is 5. The Morgan fingerprint density at radius 2 is 0.734 bits per heavy atom. The van der Waals surface area contributed by atoms with Gasteiger partial charge in [-0.05, 0) is 57.8 Å². The number of amides is 1. The molecule has 6 heteroatoms. The van der Waals surface area contributed by atoms with Crippen molar-refractivity contribution in [2.24, 2.45) is 0 Å². The fourth-order valence-electron chi connectivity index (χ4n) is 8.81. The Hall–Kier alpha value is -1.66. The zero-order chi connectivity index (χ0) is 46.5. The van der Waals surface area contributed by atoms with Crippen LogP contribution in [0.4, 0.5) is 0 Å². The Balaban J connectivity index is 3.46. The minimum absolute atomic E-state index is 0.00724. The van der Waals surface area contributed by atoms with Crippen molar-refractivity contribution in [1.29, 1.82) is 0 Å². The summed E-state index contributed by atoms with van der Waals surface area (Å²) in [5, 5.41) is 23.1. The fraction of sp³-hybridized carbons (Fsp3) is 0.897. The Labute approximate surface area is 399 Å². The molecule has 2 unspecified atom stereocenters. The van der Waals surface area contributed by atoms with Gasteiger partial charge < -0.3 is 20.3 Å². The largest absolute Gasteiger partial charge is 0.466 e. The molecule has 3 N–H and O–H groups in total. The third kappa shape index (κ3) is 49.8. The number of aliphatic hydroxyl groups is 2. The van der Waals surface area contributed by atoms with Crippen molar-refractivity contribution in [2.45, 2.75) is 321 Å². The molecule has 0 aliphatic carbocycles. The molecule has 0 fully saturated rings. The van der Waals surface area contributed by atoms with Crippen LogP contribution in [-0.2, 0) is 14.3 Å². The molecule has 0 saturated carbocycles. The van der Waals surface area contributed by atoms with Crippen molar-refractivity contribution >= 4 is 11.9 Å². The predicted octanol–water partition coefficient (Wildman–Crippen LogP) is 17.5. The van der Waals surface area contributed by atoms with Crippen LogP contribution in [0.2, 0.25) is 0 Å². The minimum Gasteiger partial charge on any atom is -0.466 e. The van der Waals surface area contributed by atoms with Crippen LogP contribution >= 0.6 is 0 Å². The first kappa shape index (κ1) is 62.3. The number of allylic oxidation sites excluding steroid dienone is 3. The van der Waals surface area contributed by atoms with Gasteiger partial charge in [0.1, 0.15) is 0 Å². The number of esters is 1. The smallest absolute Gasteiger partial charge is 0.305 e. The number of rotatable bonds is 53. The average molecular weight is 903 g/mol. The molecule has 0 heterocycles. The van der Waals surface area contributed by atoms with Crippen LogP contribution in [0.25, 0.3) is 0 Å². The summed E-state index contributed by atoms with van der Waals surface area (Å²) in [6, 6.07) is -0.632. The molecular weight excluding hydrogens is 791 g/mol. The van der Waals surface area contributed by atoms with Gasteiger partial charge in [0.15, 0.2) is 0 Å². The molecular formula is C58H111NO5. The molecule has 0 aliphatic rings. The molecule has 0 radical (unpaired) electrons. The minimum atomic E-state index is -0.848. The Morgan fingerprint density at radius 3 is 1.11 bits per heavy atom. The molecule has 0 spiro atoms. The maximum atomic E-state index is 12.4. The van der Waals surface area contributed by atoms with E-state index in [1.807, 2.05) is 6.08 Å². The summed E-state index contributed by atoms with van der Waals surface area (Å²) in [6.07, 6.45) is 64.8. The average Bonchev–Trinajstić information content (AvgIpc) is 3.29. The van der Waals surface area contributed by atoms with E-state index in [2.05, 4.69) is 31.3 Å². The molecule has 0 bridgehead atoms. The van der Waals surface area contributed by atoms with E-state index < -0.39 is 12.1 Å². The Bertz CT molecular complexity index is 997. The lowest BCUT2D eigenvalue weighted by molar-refractivity contribution is -0.143. The highest BCUT2D eigenvalue weighted by Crippen LogP contribution is 2.16. The first-order chi connectivity index (χ1) is 31.5. The van der Waals surface area contributed by atoms with Gasteiger partial charge in [0.05, 0.1) is 25.4 Å². The van der Waals surface area contributed by atoms with Crippen molar-refractivity contribution in [3.63, 3.8) is 0 Å². The van der Waals surface area contributed by atoms with E-state index in [1.165, 1.54) is 238 Å². The maximum Gasteiger partial charge on any atom is 0.305 e. The van der Waals surface area contributed by atoms with Crippen LogP contribution < -0.4 is 5.32 Å². The summed E-state index contributed by atoms with van der Waals surface area (Å²) in [4.78, 5) is 24.4. The van der Waals surface area contributed by atoms with Crippen LogP contribution in [0.5, 0.6) is 0 Å². The highest BCUT2D eigenvalue weighted by Gasteiger charge is 2.18. The van der Waals surface area contributed by atoms with Crippen molar-refractivity contribution in [2.75, 3.05) is 13.2 Å². The van der Waals surface area contributed by atoms with Gasteiger partial charge in [0, 0.05) is 12.8 Å². The van der Waals surface area contributed by atoms with Gasteiger partial charge in [-0.1, -0.05) is 263 Å². The van der Waals surface area contributed by atoms with Crippen molar-refractivity contribution in [3.05, 3.63) is 24.3 Å². The third-order valence-electron chi connectivity index (χ3n) is 13.2. The van der Waals surface area contributed by atoms with Crippen LogP contribution in [0.15, 0.2) is 24.3 Å². The topological polar surface area (TPSA) is 95.9 Å². The van der Waals surface area contributed by atoms with Gasteiger partial charge in [-0.15, -0.1) is 0 Å². The van der Waals surface area contributed by atoms with Crippen molar-refractivity contribution < 1.29 is 24.5 Å². The SMILES string of the molecule is CCCCCCCCCCCCCCC/C=C/C(O)C(CO)NC(=O)CCCCCCCCC/C=C\CCCCCCCCCCCCOC(=O)CCCCCCCCCCCCC. The highest BCUT2D eigenvalue weighted by atomic mass is 16.5. The molecule has 0 aromatic rings. The van der Waals surface area contributed by atoms with E-state index in [-0.39, 0.29) is 18.5 Å². The van der Waals surface area contributed by atoms with Crippen LogP contribution in [-0.4, -0.2) is 47.4 Å². The number of carbonyl (C=O) groups is 2. The first-order valence-corrected chi connectivity index (χ1v) is 28.6. The quantitative estimate of drug-likeness (QED) is 0.0321. The van der Waals surface area contributed by atoms with Crippen molar-refractivity contribution in [1.82, 2.24) is 5.32 Å².